The molecule has 1 N–H and O–H groups in total. The van der Waals surface area contributed by atoms with Gasteiger partial charge in [0.15, 0.2) is 20.4 Å². The highest BCUT2D eigenvalue weighted by Gasteiger charge is 2.59. The minimum absolute atomic E-state index is 0.250. The Morgan fingerprint density at radius 2 is 0.912 bits per heavy atom. The van der Waals surface area contributed by atoms with E-state index in [0.29, 0.717) is 7.18 Å². The van der Waals surface area contributed by atoms with Gasteiger partial charge in [0.25, 0.3) is 0 Å². The van der Waals surface area contributed by atoms with Crippen LogP contribution in [0.2, 0.25) is 0 Å². The summed E-state index contributed by atoms with van der Waals surface area (Å²) in [5, 5.41) is 0. The molecule has 0 atom stereocenters. The Hall–Kier alpha value is -1.36. The normalized spacial score (nSPS) is 10.4. The first-order chi connectivity index (χ1) is 15.2. The van der Waals surface area contributed by atoms with Gasteiger partial charge in [-0.25, -0.2) is 30.7 Å². The molecule has 0 unspecified atom stereocenters. The molecular formula is C11H19F17O5S. The largest absolute Gasteiger partial charge is 0.483 e. The van der Waals surface area contributed by atoms with Crippen LogP contribution >= 0.6 is 0 Å². The second-order valence-electron chi connectivity index (χ2n) is 3.17. The summed E-state index contributed by atoms with van der Waals surface area (Å²) in [6.07, 6.45) is -15.2. The van der Waals surface area contributed by atoms with Gasteiger partial charge in [-0.05, 0) is 6.92 Å². The van der Waals surface area contributed by atoms with Crippen molar-refractivity contribution < 1.29 is 96.6 Å². The van der Waals surface area contributed by atoms with Crippen LogP contribution in [0.1, 0.15) is 6.92 Å². The lowest BCUT2D eigenvalue weighted by molar-refractivity contribution is -0.398. The Morgan fingerprint density at radius 3 is 0.971 bits per heavy atom. The summed E-state index contributed by atoms with van der Waals surface area (Å²) < 4.78 is 209. The molecule has 0 bridgehead atoms. The molecule has 0 aliphatic rings. The third-order valence-corrected chi connectivity index (χ3v) is 0.987. The average molecular weight is 586 g/mol. The maximum absolute atomic E-state index is 11.3. The molecule has 0 aromatic carbocycles. The zero-order valence-electron chi connectivity index (χ0n) is 16.7. The number of hydrogen-bond donors (Lipinski definition) is 1. The van der Waals surface area contributed by atoms with Gasteiger partial charge in [0.2, 0.25) is 13.9 Å². The lowest BCUT2D eigenvalue weighted by Gasteiger charge is -2.16. The summed E-state index contributed by atoms with van der Waals surface area (Å²) in [5.74, 6) is 0. The molecule has 0 fully saturated rings. The Kier molecular flexibility index (Phi) is 46.3. The SMILES string of the molecule is CCF.CF.FCF.FCF.FCOC(F)(F)C(F)(F)F.FCOC(F)(F)CF.O=S(=O)(O)F. The van der Waals surface area contributed by atoms with Gasteiger partial charge in [-0.3, -0.25) is 22.8 Å². The third kappa shape index (κ3) is 77.5. The summed E-state index contributed by atoms with van der Waals surface area (Å²) in [6, 6.07) is 0. The van der Waals surface area contributed by atoms with Crippen molar-refractivity contribution in [1.82, 2.24) is 0 Å². The van der Waals surface area contributed by atoms with Crippen molar-refractivity contribution in [2.75, 3.05) is 48.1 Å². The lowest BCUT2D eigenvalue weighted by Crippen LogP contribution is -2.38. The Bertz CT molecular complexity index is 437. The van der Waals surface area contributed by atoms with Crippen molar-refractivity contribution in [3.63, 3.8) is 0 Å². The molecule has 0 heterocycles. The zero-order valence-corrected chi connectivity index (χ0v) is 17.5. The van der Waals surface area contributed by atoms with Gasteiger partial charge in [-0.2, -0.15) is 39.2 Å². The van der Waals surface area contributed by atoms with Crippen LogP contribution in [0.4, 0.5) is 74.1 Å². The number of rotatable bonds is 5. The standard InChI is InChI=1S/C3H2F6O.C3H4F4O.C2H5F.2CH2F2.CH3F.FHO3S/c4-1-10-3(8,9)2(5,6)7;4-1-3(6,7)8-2-5;1-2-3;2*2-1-3;1-2;1-5(2,3)4/h1H2;1-2H2;2H2,1H3;2*1H2;1H3;(H,2,3,4). The van der Waals surface area contributed by atoms with Crippen LogP contribution < -0.4 is 0 Å². The molecule has 218 valence electrons. The fraction of sp³-hybridized carbons (Fsp3) is 1.00. The molecule has 0 saturated carbocycles. The van der Waals surface area contributed by atoms with E-state index in [0.717, 1.165) is 0 Å². The number of halogens is 17. The van der Waals surface area contributed by atoms with Crippen LogP contribution in [-0.4, -0.2) is 79.5 Å². The predicted molar refractivity (Wildman–Crippen MR) is 81.5 cm³/mol. The van der Waals surface area contributed by atoms with Gasteiger partial charge in [0.05, 0.1) is 13.9 Å². The highest BCUT2D eigenvalue weighted by molar-refractivity contribution is 7.80. The lowest BCUT2D eigenvalue weighted by atomic mass is 10.6. The molecule has 0 aliphatic heterocycles. The topological polar surface area (TPSA) is 72.8 Å². The van der Waals surface area contributed by atoms with E-state index in [9.17, 15) is 74.1 Å². The van der Waals surface area contributed by atoms with E-state index >= 15 is 0 Å². The molecule has 0 saturated heterocycles. The average Bonchev–Trinajstić information content (AvgIpc) is 2.64. The molecule has 0 radical (unpaired) electrons. The Morgan fingerprint density at radius 1 is 0.706 bits per heavy atom. The van der Waals surface area contributed by atoms with Gasteiger partial charge >= 0.3 is 28.9 Å². The quantitative estimate of drug-likeness (QED) is 0.222. The monoisotopic (exact) mass is 586 g/mol. The molecule has 0 spiro atoms. The predicted octanol–water partition coefficient (Wildman–Crippen LogP) is 6.66. The third-order valence-electron chi connectivity index (χ3n) is 0.987. The molecule has 0 rings (SSSR count). The van der Waals surface area contributed by atoms with Gasteiger partial charge in [0, 0.05) is 0 Å². The number of ether oxygens (including phenoxy) is 2. The molecule has 0 aromatic rings. The van der Waals surface area contributed by atoms with Gasteiger partial charge < -0.3 is 0 Å². The second kappa shape index (κ2) is 31.6. The summed E-state index contributed by atoms with van der Waals surface area (Å²) in [5.41, 5.74) is 0. The van der Waals surface area contributed by atoms with E-state index in [-0.39, 0.29) is 6.67 Å². The smallest absolute Gasteiger partial charge is 0.286 e. The van der Waals surface area contributed by atoms with Crippen molar-refractivity contribution >= 4 is 10.5 Å². The van der Waals surface area contributed by atoms with Crippen molar-refractivity contribution in [3.05, 3.63) is 0 Å². The highest BCUT2D eigenvalue weighted by Crippen LogP contribution is 2.36. The maximum Gasteiger partial charge on any atom is 0.483 e. The Balaban J connectivity index is -0.0000000544. The van der Waals surface area contributed by atoms with Crippen LogP contribution in [0.5, 0.6) is 0 Å². The summed E-state index contributed by atoms with van der Waals surface area (Å²) in [6.45, 7) is -8.12. The maximum atomic E-state index is 11.3. The van der Waals surface area contributed by atoms with Crippen molar-refractivity contribution in [3.8, 4) is 0 Å². The van der Waals surface area contributed by atoms with Crippen LogP contribution in [0, 0.1) is 0 Å². The van der Waals surface area contributed by atoms with Crippen molar-refractivity contribution in [2.24, 2.45) is 0 Å². The number of alkyl halides is 16. The van der Waals surface area contributed by atoms with Crippen molar-refractivity contribution in [2.45, 2.75) is 25.3 Å². The molecular weight excluding hydrogens is 567 g/mol. The minimum Gasteiger partial charge on any atom is -0.286 e. The first-order valence-electron chi connectivity index (χ1n) is 6.81. The Labute approximate surface area is 181 Å². The van der Waals surface area contributed by atoms with Crippen molar-refractivity contribution in [1.29, 1.82) is 0 Å². The van der Waals surface area contributed by atoms with E-state index in [1.807, 2.05) is 0 Å². The molecule has 0 amide bonds. The van der Waals surface area contributed by atoms with Crippen LogP contribution in [0.25, 0.3) is 0 Å². The fourth-order valence-corrected chi connectivity index (χ4v) is 0.269. The van der Waals surface area contributed by atoms with E-state index < -0.39 is 63.2 Å². The molecule has 0 aliphatic carbocycles. The number of hydrogen-bond acceptors (Lipinski definition) is 4. The van der Waals surface area contributed by atoms with Crippen LogP contribution in [-0.2, 0) is 20.0 Å². The molecule has 34 heavy (non-hydrogen) atoms. The molecule has 23 heteroatoms. The van der Waals surface area contributed by atoms with Gasteiger partial charge in [0.1, 0.15) is 0 Å². The zero-order chi connectivity index (χ0) is 29.7. The summed E-state index contributed by atoms with van der Waals surface area (Å²) in [4.78, 5) is 0. The van der Waals surface area contributed by atoms with Crippen LogP contribution in [0.3, 0.4) is 0 Å². The van der Waals surface area contributed by atoms with Gasteiger partial charge in [-0.1, -0.05) is 3.89 Å². The van der Waals surface area contributed by atoms with Gasteiger partial charge in [-0.15, -0.1) is 0 Å². The molecule has 5 nitrogen and oxygen atoms in total. The second-order valence-corrected chi connectivity index (χ2v) is 4.00. The van der Waals surface area contributed by atoms with E-state index in [2.05, 4.69) is 9.47 Å². The first kappa shape index (κ1) is 49.7. The van der Waals surface area contributed by atoms with E-state index in [4.69, 9.17) is 13.0 Å². The van der Waals surface area contributed by atoms with E-state index in [1.165, 1.54) is 6.92 Å². The first-order valence-corrected chi connectivity index (χ1v) is 8.15. The highest BCUT2D eigenvalue weighted by atomic mass is 32.3. The fourth-order valence-electron chi connectivity index (χ4n) is 0.269. The summed E-state index contributed by atoms with van der Waals surface area (Å²) >= 11 is 0. The summed E-state index contributed by atoms with van der Waals surface area (Å²) in [7, 11) is -4.67. The minimum atomic E-state index is -5.85. The van der Waals surface area contributed by atoms with E-state index in [1.54, 1.807) is 0 Å². The van der Waals surface area contributed by atoms with Crippen LogP contribution in [0.15, 0.2) is 0 Å². The molecule has 0 aromatic heterocycles.